The third kappa shape index (κ3) is 4.49. The van der Waals surface area contributed by atoms with Crippen LogP contribution in [0.25, 0.3) is 0 Å². The van der Waals surface area contributed by atoms with Crippen LogP contribution in [0.4, 0.5) is 13.2 Å². The van der Waals surface area contributed by atoms with Crippen molar-refractivity contribution < 1.29 is 18.0 Å². The van der Waals surface area contributed by atoms with Crippen LogP contribution >= 0.6 is 11.6 Å². The first-order valence-electron chi connectivity index (χ1n) is 6.52. The van der Waals surface area contributed by atoms with E-state index in [0.29, 0.717) is 16.1 Å². The van der Waals surface area contributed by atoms with Crippen molar-refractivity contribution in [3.05, 3.63) is 70.2 Å². The Hall–Kier alpha value is -2.01. The van der Waals surface area contributed by atoms with Gasteiger partial charge in [-0.05, 0) is 29.3 Å². The van der Waals surface area contributed by atoms with Gasteiger partial charge in [-0.15, -0.1) is 0 Å². The van der Waals surface area contributed by atoms with E-state index >= 15 is 0 Å². The summed E-state index contributed by atoms with van der Waals surface area (Å²) in [4.78, 5) is 11.8. The van der Waals surface area contributed by atoms with Gasteiger partial charge in [0.2, 0.25) is 5.91 Å². The van der Waals surface area contributed by atoms with E-state index < -0.39 is 11.7 Å². The molecule has 0 saturated heterocycles. The number of alkyl halides is 3. The molecule has 0 saturated carbocycles. The molecule has 0 aliphatic rings. The molecule has 2 aromatic carbocycles. The summed E-state index contributed by atoms with van der Waals surface area (Å²) < 4.78 is 37.8. The van der Waals surface area contributed by atoms with Crippen molar-refractivity contribution in [1.82, 2.24) is 5.32 Å². The van der Waals surface area contributed by atoms with Crippen molar-refractivity contribution in [2.24, 2.45) is 0 Å². The number of benzene rings is 2. The number of carbonyl (C=O) groups is 1. The lowest BCUT2D eigenvalue weighted by molar-refractivity contribution is -0.137. The average molecular weight is 328 g/mol. The molecule has 2 aromatic rings. The van der Waals surface area contributed by atoms with E-state index in [2.05, 4.69) is 5.32 Å². The topological polar surface area (TPSA) is 29.1 Å². The monoisotopic (exact) mass is 327 g/mol. The van der Waals surface area contributed by atoms with Gasteiger partial charge in [-0.3, -0.25) is 4.79 Å². The van der Waals surface area contributed by atoms with E-state index in [9.17, 15) is 18.0 Å². The molecule has 1 N–H and O–H groups in total. The van der Waals surface area contributed by atoms with Crippen molar-refractivity contribution >= 4 is 17.5 Å². The summed E-state index contributed by atoms with van der Waals surface area (Å²) in [6.07, 6.45) is -4.31. The second kappa shape index (κ2) is 6.83. The second-order valence-electron chi connectivity index (χ2n) is 4.74. The lowest BCUT2D eigenvalue weighted by Crippen LogP contribution is -2.24. The van der Waals surface area contributed by atoms with Gasteiger partial charge in [-0.2, -0.15) is 13.2 Å². The van der Waals surface area contributed by atoms with Gasteiger partial charge in [-0.25, -0.2) is 0 Å². The molecule has 0 fully saturated rings. The van der Waals surface area contributed by atoms with Crippen LogP contribution in [0.1, 0.15) is 16.7 Å². The Morgan fingerprint density at radius 1 is 1.09 bits per heavy atom. The van der Waals surface area contributed by atoms with Crippen molar-refractivity contribution in [3.63, 3.8) is 0 Å². The Balaban J connectivity index is 1.96. The third-order valence-corrected chi connectivity index (χ3v) is 3.42. The highest BCUT2D eigenvalue weighted by Crippen LogP contribution is 2.29. The van der Waals surface area contributed by atoms with Crippen LogP contribution in [0.2, 0.25) is 5.02 Å². The van der Waals surface area contributed by atoms with Gasteiger partial charge in [0.05, 0.1) is 12.0 Å². The molecule has 0 unspecified atom stereocenters. The highest BCUT2D eigenvalue weighted by atomic mass is 35.5. The molecule has 0 bridgehead atoms. The van der Waals surface area contributed by atoms with E-state index in [1.807, 2.05) is 0 Å². The van der Waals surface area contributed by atoms with Crippen LogP contribution in [0.3, 0.4) is 0 Å². The summed E-state index contributed by atoms with van der Waals surface area (Å²) in [5, 5.41) is 3.07. The minimum absolute atomic E-state index is 0.0349. The minimum Gasteiger partial charge on any atom is -0.352 e. The molecule has 0 spiro atoms. The van der Waals surface area contributed by atoms with E-state index in [1.165, 1.54) is 12.1 Å². The first-order chi connectivity index (χ1) is 10.4. The summed E-state index contributed by atoms with van der Waals surface area (Å²) >= 11 is 5.95. The Morgan fingerprint density at radius 2 is 1.82 bits per heavy atom. The van der Waals surface area contributed by atoms with Crippen LogP contribution in [0, 0.1) is 0 Å². The van der Waals surface area contributed by atoms with Gasteiger partial charge in [0.1, 0.15) is 0 Å². The zero-order valence-electron chi connectivity index (χ0n) is 11.5. The molecule has 0 aliphatic heterocycles. The highest BCUT2D eigenvalue weighted by Gasteiger charge is 2.30. The molecule has 0 radical (unpaired) electrons. The Kier molecular flexibility index (Phi) is 5.08. The SMILES string of the molecule is O=C(Cc1ccccc1Cl)NCc1cccc(C(F)(F)F)c1. The normalized spacial score (nSPS) is 11.3. The Labute approximate surface area is 130 Å². The number of hydrogen-bond acceptors (Lipinski definition) is 1. The van der Waals surface area contributed by atoms with Crippen LogP contribution in [-0.4, -0.2) is 5.91 Å². The largest absolute Gasteiger partial charge is 0.416 e. The van der Waals surface area contributed by atoms with Crippen molar-refractivity contribution in [3.8, 4) is 0 Å². The maximum absolute atomic E-state index is 12.6. The summed E-state index contributed by atoms with van der Waals surface area (Å²) in [6.45, 7) is 0.0349. The van der Waals surface area contributed by atoms with Gasteiger partial charge in [0, 0.05) is 11.6 Å². The molecule has 0 aliphatic carbocycles. The molecule has 0 heterocycles. The number of rotatable bonds is 4. The minimum atomic E-state index is -4.39. The quantitative estimate of drug-likeness (QED) is 0.895. The number of hydrogen-bond donors (Lipinski definition) is 1. The molecule has 116 valence electrons. The van der Waals surface area contributed by atoms with Gasteiger partial charge in [-0.1, -0.05) is 41.9 Å². The van der Waals surface area contributed by atoms with E-state index in [0.717, 1.165) is 12.1 Å². The Morgan fingerprint density at radius 3 is 2.50 bits per heavy atom. The lowest BCUT2D eigenvalue weighted by Gasteiger charge is -2.10. The van der Waals surface area contributed by atoms with E-state index in [4.69, 9.17) is 11.6 Å². The van der Waals surface area contributed by atoms with Crippen molar-refractivity contribution in [2.45, 2.75) is 19.1 Å². The molecule has 6 heteroatoms. The summed E-state index contributed by atoms with van der Waals surface area (Å²) in [7, 11) is 0. The number of amides is 1. The van der Waals surface area contributed by atoms with Crippen LogP contribution in [-0.2, 0) is 23.9 Å². The first-order valence-corrected chi connectivity index (χ1v) is 6.90. The van der Waals surface area contributed by atoms with Crippen molar-refractivity contribution in [1.29, 1.82) is 0 Å². The molecule has 1 amide bonds. The third-order valence-electron chi connectivity index (χ3n) is 3.05. The number of nitrogens with one attached hydrogen (secondary N) is 1. The lowest BCUT2D eigenvalue weighted by atomic mass is 10.1. The average Bonchev–Trinajstić information content (AvgIpc) is 2.47. The molecule has 2 rings (SSSR count). The van der Waals surface area contributed by atoms with Gasteiger partial charge >= 0.3 is 6.18 Å². The van der Waals surface area contributed by atoms with Gasteiger partial charge in [0.15, 0.2) is 0 Å². The van der Waals surface area contributed by atoms with E-state index in [1.54, 1.807) is 24.3 Å². The molecule has 0 aromatic heterocycles. The predicted molar refractivity (Wildman–Crippen MR) is 78.4 cm³/mol. The fraction of sp³-hybridized carbons (Fsp3) is 0.188. The Bertz CT molecular complexity index is 670. The number of halogens is 4. The maximum atomic E-state index is 12.6. The predicted octanol–water partition coefficient (Wildman–Crippen LogP) is 4.22. The summed E-state index contributed by atoms with van der Waals surface area (Å²) in [5.41, 5.74) is 0.332. The smallest absolute Gasteiger partial charge is 0.352 e. The second-order valence-corrected chi connectivity index (χ2v) is 5.15. The van der Waals surface area contributed by atoms with E-state index in [-0.39, 0.29) is 18.9 Å². The summed E-state index contributed by atoms with van der Waals surface area (Å²) in [5.74, 6) is -0.300. The van der Waals surface area contributed by atoms with Crippen molar-refractivity contribution in [2.75, 3.05) is 0 Å². The molecule has 22 heavy (non-hydrogen) atoms. The number of carbonyl (C=O) groups excluding carboxylic acids is 1. The zero-order valence-corrected chi connectivity index (χ0v) is 12.2. The zero-order chi connectivity index (χ0) is 16.2. The first kappa shape index (κ1) is 16.4. The fourth-order valence-corrected chi connectivity index (χ4v) is 2.14. The molecule has 0 atom stereocenters. The molecular formula is C16H13ClF3NO. The van der Waals surface area contributed by atoms with Crippen LogP contribution in [0.5, 0.6) is 0 Å². The van der Waals surface area contributed by atoms with Crippen LogP contribution in [0.15, 0.2) is 48.5 Å². The maximum Gasteiger partial charge on any atom is 0.416 e. The van der Waals surface area contributed by atoms with Gasteiger partial charge in [0.25, 0.3) is 0 Å². The molecular weight excluding hydrogens is 315 g/mol. The highest BCUT2D eigenvalue weighted by molar-refractivity contribution is 6.31. The van der Waals surface area contributed by atoms with Crippen LogP contribution < -0.4 is 5.32 Å². The molecule has 2 nitrogen and oxygen atoms in total. The standard InChI is InChI=1S/C16H13ClF3NO/c17-14-7-2-1-5-12(14)9-15(22)21-10-11-4-3-6-13(8-11)16(18,19)20/h1-8H,9-10H2,(H,21,22). The summed E-state index contributed by atoms with van der Waals surface area (Å²) in [6, 6.07) is 11.8. The van der Waals surface area contributed by atoms with Gasteiger partial charge < -0.3 is 5.32 Å². The fourth-order valence-electron chi connectivity index (χ4n) is 1.94.